The summed E-state index contributed by atoms with van der Waals surface area (Å²) in [6.07, 6.45) is 1.69. The Morgan fingerprint density at radius 3 is 2.56 bits per heavy atom. The van der Waals surface area contributed by atoms with Crippen molar-refractivity contribution in [2.45, 2.75) is 25.1 Å². The zero-order chi connectivity index (χ0) is 18.6. The van der Waals surface area contributed by atoms with Gasteiger partial charge in [0.25, 0.3) is 0 Å². The number of hydrogen-bond donors (Lipinski definition) is 0. The monoisotopic (exact) mass is 373 g/mol. The number of anilines is 1. The van der Waals surface area contributed by atoms with E-state index in [2.05, 4.69) is 14.8 Å². The SMILES string of the molecule is FC(F)(F)c1cccc(-c2cncc(N3CC4CC5CC3CN(C5)C4)c2)c1. The molecule has 0 spiro atoms. The van der Waals surface area contributed by atoms with Crippen molar-refractivity contribution in [3.05, 3.63) is 48.3 Å². The van der Waals surface area contributed by atoms with Crippen LogP contribution in [0, 0.1) is 11.8 Å². The molecule has 6 rings (SSSR count). The van der Waals surface area contributed by atoms with E-state index in [-0.39, 0.29) is 0 Å². The number of benzene rings is 1. The molecule has 3 nitrogen and oxygen atoms in total. The molecule has 6 heteroatoms. The van der Waals surface area contributed by atoms with Gasteiger partial charge in [0, 0.05) is 44.0 Å². The average Bonchev–Trinajstić information content (AvgIpc) is 2.85. The maximum Gasteiger partial charge on any atom is 0.416 e. The molecule has 5 heterocycles. The maximum absolute atomic E-state index is 13.1. The predicted molar refractivity (Wildman–Crippen MR) is 98.5 cm³/mol. The molecule has 4 atom stereocenters. The third kappa shape index (κ3) is 3.20. The van der Waals surface area contributed by atoms with Gasteiger partial charge < -0.3 is 9.80 Å². The Morgan fingerprint density at radius 2 is 1.74 bits per heavy atom. The number of piperidine rings is 2. The fourth-order valence-corrected chi connectivity index (χ4v) is 5.22. The lowest BCUT2D eigenvalue weighted by Crippen LogP contribution is -2.49. The Balaban J connectivity index is 1.48. The second-order valence-corrected chi connectivity index (χ2v) is 8.24. The Morgan fingerprint density at radius 1 is 0.889 bits per heavy atom. The van der Waals surface area contributed by atoms with E-state index in [1.54, 1.807) is 12.3 Å². The first kappa shape index (κ1) is 17.0. The van der Waals surface area contributed by atoms with E-state index >= 15 is 0 Å². The zero-order valence-corrected chi connectivity index (χ0v) is 15.0. The van der Waals surface area contributed by atoms with Crippen molar-refractivity contribution in [3.8, 4) is 11.1 Å². The summed E-state index contributed by atoms with van der Waals surface area (Å²) in [6, 6.07) is 7.99. The van der Waals surface area contributed by atoms with Crippen LogP contribution in [0.2, 0.25) is 0 Å². The number of alkyl halides is 3. The average molecular weight is 373 g/mol. The van der Waals surface area contributed by atoms with Crippen molar-refractivity contribution in [2.75, 3.05) is 31.1 Å². The quantitative estimate of drug-likeness (QED) is 0.783. The van der Waals surface area contributed by atoms with Crippen LogP contribution >= 0.6 is 0 Å². The van der Waals surface area contributed by atoms with Crippen LogP contribution in [0.25, 0.3) is 11.1 Å². The molecule has 4 bridgehead atoms. The van der Waals surface area contributed by atoms with E-state index in [1.807, 2.05) is 12.3 Å². The fourth-order valence-electron chi connectivity index (χ4n) is 5.22. The summed E-state index contributed by atoms with van der Waals surface area (Å²) in [5.41, 5.74) is 1.71. The summed E-state index contributed by atoms with van der Waals surface area (Å²) >= 11 is 0. The molecule has 0 N–H and O–H groups in total. The largest absolute Gasteiger partial charge is 0.416 e. The molecule has 1 aromatic heterocycles. The van der Waals surface area contributed by atoms with E-state index in [1.165, 1.54) is 38.1 Å². The molecule has 1 aromatic carbocycles. The normalized spacial score (nSPS) is 29.8. The van der Waals surface area contributed by atoms with Gasteiger partial charge in [0.2, 0.25) is 0 Å². The highest BCUT2D eigenvalue weighted by molar-refractivity contribution is 5.68. The summed E-state index contributed by atoms with van der Waals surface area (Å²) in [5, 5.41) is 0. The third-order valence-electron chi connectivity index (χ3n) is 6.25. The van der Waals surface area contributed by atoms with Crippen molar-refractivity contribution in [2.24, 2.45) is 11.8 Å². The smallest absolute Gasteiger partial charge is 0.366 e. The second kappa shape index (κ2) is 6.23. The van der Waals surface area contributed by atoms with Crippen molar-refractivity contribution in [3.63, 3.8) is 0 Å². The third-order valence-corrected chi connectivity index (χ3v) is 6.25. The summed E-state index contributed by atoms with van der Waals surface area (Å²) in [6.45, 7) is 4.50. The van der Waals surface area contributed by atoms with Crippen LogP contribution < -0.4 is 4.90 Å². The van der Waals surface area contributed by atoms with E-state index in [0.29, 0.717) is 17.5 Å². The molecule has 0 amide bonds. The van der Waals surface area contributed by atoms with Crippen LogP contribution in [0.15, 0.2) is 42.7 Å². The molecule has 0 aliphatic carbocycles. The van der Waals surface area contributed by atoms with Crippen molar-refractivity contribution < 1.29 is 13.2 Å². The number of fused-ring (bicyclic) bond motifs is 1. The number of rotatable bonds is 2. The highest BCUT2D eigenvalue weighted by Gasteiger charge is 2.41. The topological polar surface area (TPSA) is 19.4 Å². The summed E-state index contributed by atoms with van der Waals surface area (Å²) in [5.74, 6) is 1.46. The molecule has 2 aromatic rings. The Bertz CT molecular complexity index is 837. The lowest BCUT2D eigenvalue weighted by atomic mass is 9.84. The fraction of sp³-hybridized carbons (Fsp3) is 0.476. The van der Waals surface area contributed by atoms with Crippen LogP contribution in [0.3, 0.4) is 0 Å². The first-order chi connectivity index (χ1) is 13.0. The molecule has 4 fully saturated rings. The number of nitrogens with zero attached hydrogens (tertiary/aromatic N) is 3. The van der Waals surface area contributed by atoms with Gasteiger partial charge in [0.1, 0.15) is 0 Å². The second-order valence-electron chi connectivity index (χ2n) is 8.24. The molecular formula is C21H22F3N3. The van der Waals surface area contributed by atoms with Crippen molar-refractivity contribution in [1.29, 1.82) is 0 Å². The van der Waals surface area contributed by atoms with Crippen LogP contribution in [0.1, 0.15) is 18.4 Å². The number of hydrogen-bond acceptors (Lipinski definition) is 3. The summed E-state index contributed by atoms with van der Waals surface area (Å²) < 4.78 is 39.2. The standard InChI is InChI=1S/C21H22F3N3/c22-21(23,24)18-3-1-2-16(6-18)17-7-19(9-25-8-17)27-12-15-4-14-5-20(27)13-26(10-14)11-15/h1-3,6-9,14-15,20H,4-5,10-13H2. The van der Waals surface area contributed by atoms with E-state index < -0.39 is 11.7 Å². The highest BCUT2D eigenvalue weighted by atomic mass is 19.4. The van der Waals surface area contributed by atoms with Gasteiger partial charge in [-0.1, -0.05) is 12.1 Å². The number of halogens is 3. The van der Waals surface area contributed by atoms with E-state index in [9.17, 15) is 13.2 Å². The molecule has 0 radical (unpaired) electrons. The maximum atomic E-state index is 13.1. The van der Waals surface area contributed by atoms with Gasteiger partial charge in [-0.05, 0) is 48.4 Å². The lowest BCUT2D eigenvalue weighted by Gasteiger charge is -2.41. The minimum absolute atomic E-state index is 0.481. The Hall–Kier alpha value is -2.08. The van der Waals surface area contributed by atoms with Gasteiger partial charge in [-0.15, -0.1) is 0 Å². The molecular weight excluding hydrogens is 351 g/mol. The molecule has 4 aliphatic rings. The highest BCUT2D eigenvalue weighted by Crippen LogP contribution is 2.39. The van der Waals surface area contributed by atoms with Crippen LogP contribution in [0.5, 0.6) is 0 Å². The predicted octanol–water partition coefficient (Wildman–Crippen LogP) is 4.30. The van der Waals surface area contributed by atoms with Crippen molar-refractivity contribution in [1.82, 2.24) is 9.88 Å². The van der Waals surface area contributed by atoms with Crippen molar-refractivity contribution >= 4 is 5.69 Å². The summed E-state index contributed by atoms with van der Waals surface area (Å²) in [7, 11) is 0. The zero-order valence-electron chi connectivity index (χ0n) is 15.0. The molecule has 4 aliphatic heterocycles. The van der Waals surface area contributed by atoms with Gasteiger partial charge in [-0.3, -0.25) is 4.98 Å². The molecule has 4 saturated heterocycles. The summed E-state index contributed by atoms with van der Waals surface area (Å²) in [4.78, 5) is 9.40. The van der Waals surface area contributed by atoms with Crippen LogP contribution in [-0.2, 0) is 6.18 Å². The van der Waals surface area contributed by atoms with Crippen LogP contribution in [-0.4, -0.2) is 42.1 Å². The van der Waals surface area contributed by atoms with Crippen LogP contribution in [0.4, 0.5) is 18.9 Å². The molecule has 0 saturated carbocycles. The molecule has 142 valence electrons. The van der Waals surface area contributed by atoms with Gasteiger partial charge in [0.15, 0.2) is 0 Å². The Kier molecular flexibility index (Phi) is 3.93. The van der Waals surface area contributed by atoms with Gasteiger partial charge in [0.05, 0.1) is 17.4 Å². The first-order valence-corrected chi connectivity index (χ1v) is 9.57. The Labute approximate surface area is 156 Å². The molecule has 27 heavy (non-hydrogen) atoms. The minimum Gasteiger partial charge on any atom is -0.366 e. The van der Waals surface area contributed by atoms with Gasteiger partial charge in [-0.2, -0.15) is 13.2 Å². The first-order valence-electron chi connectivity index (χ1n) is 9.57. The van der Waals surface area contributed by atoms with E-state index in [4.69, 9.17) is 0 Å². The molecule has 4 unspecified atom stereocenters. The van der Waals surface area contributed by atoms with E-state index in [0.717, 1.165) is 36.3 Å². The number of aromatic nitrogens is 1. The number of pyridine rings is 1. The van der Waals surface area contributed by atoms with Gasteiger partial charge in [-0.25, -0.2) is 0 Å². The minimum atomic E-state index is -4.33. The lowest BCUT2D eigenvalue weighted by molar-refractivity contribution is -0.137. The van der Waals surface area contributed by atoms with Gasteiger partial charge >= 0.3 is 6.18 Å².